The third-order valence-electron chi connectivity index (χ3n) is 4.97. The fourth-order valence-electron chi connectivity index (χ4n) is 3.28. The van der Waals surface area contributed by atoms with E-state index in [4.69, 9.17) is 26.1 Å². The molecule has 9 nitrogen and oxygen atoms in total. The van der Waals surface area contributed by atoms with Crippen LogP contribution in [0.25, 0.3) is 5.88 Å². The minimum Gasteiger partial charge on any atom is -0.445 e. The normalized spacial score (nSPS) is 15.0. The van der Waals surface area contributed by atoms with Crippen LogP contribution >= 0.6 is 12.2 Å². The van der Waals surface area contributed by atoms with Gasteiger partial charge in [-0.25, -0.2) is 0 Å². The molecule has 0 atom stereocenters. The van der Waals surface area contributed by atoms with Gasteiger partial charge in [0.2, 0.25) is 17.3 Å². The number of halogens is 3. The van der Waals surface area contributed by atoms with E-state index >= 15 is 0 Å². The van der Waals surface area contributed by atoms with Crippen molar-refractivity contribution in [2.75, 3.05) is 6.54 Å². The van der Waals surface area contributed by atoms with E-state index < -0.39 is 36.6 Å². The molecule has 1 aliphatic heterocycles. The molecule has 0 aliphatic carbocycles. The summed E-state index contributed by atoms with van der Waals surface area (Å²) >= 11 is 5.21. The lowest BCUT2D eigenvalue weighted by atomic mass is 9.92. The number of carbonyl (C=O) groups is 1. The molecule has 3 rings (SSSR count). The van der Waals surface area contributed by atoms with Crippen molar-refractivity contribution in [3.63, 3.8) is 0 Å². The number of hydrogen-bond donors (Lipinski definition) is 2. The molecule has 1 amide bonds. The molecule has 0 aromatic carbocycles. The Labute approximate surface area is 198 Å². The smallest absolute Gasteiger partial charge is 0.445 e. The van der Waals surface area contributed by atoms with Gasteiger partial charge in [-0.15, -0.1) is 0 Å². The van der Waals surface area contributed by atoms with Crippen LogP contribution in [0.3, 0.4) is 0 Å². The Hall–Kier alpha value is -2.80. The van der Waals surface area contributed by atoms with Crippen molar-refractivity contribution in [3.05, 3.63) is 32.6 Å². The summed E-state index contributed by atoms with van der Waals surface area (Å²) < 4.78 is 57.7. The lowest BCUT2D eigenvalue weighted by Crippen LogP contribution is -2.43. The first-order valence-electron chi connectivity index (χ1n) is 10.4. The summed E-state index contributed by atoms with van der Waals surface area (Å²) in [5.74, 6) is -2.85. The molecule has 0 spiro atoms. The van der Waals surface area contributed by atoms with Crippen LogP contribution in [-0.2, 0) is 17.9 Å². The highest BCUT2D eigenvalue weighted by Crippen LogP contribution is 2.48. The summed E-state index contributed by atoms with van der Waals surface area (Å²) in [5, 5.41) is 9.61. The van der Waals surface area contributed by atoms with E-state index in [2.05, 4.69) is 4.98 Å². The highest BCUT2D eigenvalue weighted by molar-refractivity contribution is 7.71. The first kappa shape index (κ1) is 25.8. The molecule has 0 fully saturated rings. The van der Waals surface area contributed by atoms with Gasteiger partial charge in [0.1, 0.15) is 6.61 Å². The van der Waals surface area contributed by atoms with Gasteiger partial charge in [-0.05, 0) is 24.1 Å². The lowest BCUT2D eigenvalue weighted by molar-refractivity contribution is -0.186. The average molecular weight is 506 g/mol. The Kier molecular flexibility index (Phi) is 6.66. The average Bonchev–Trinajstić information content (AvgIpc) is 3.17. The van der Waals surface area contributed by atoms with E-state index in [9.17, 15) is 27.9 Å². The number of aromatic amines is 1. The number of carbonyl (C=O) groups excluding carboxylic acids is 1. The third kappa shape index (κ3) is 5.46. The van der Waals surface area contributed by atoms with Crippen LogP contribution in [0.15, 0.2) is 15.4 Å². The molecule has 0 radical (unpaired) electrons. The molecule has 0 bridgehead atoms. The minimum atomic E-state index is -5.10. The van der Waals surface area contributed by atoms with Crippen molar-refractivity contribution >= 4 is 18.1 Å². The standard InChI is InChI=1S/C21H26F3N3O6S/c1-19(2,3)6-7-26(17(30)21(22,23)24)8-11-9-27(18(34)25-15(11)29)16-14-13(12(10-28)31-16)32-20(4,5)33-14/h9,28H,6-8,10H2,1-5H3,(H,25,29,34). The fourth-order valence-corrected chi connectivity index (χ4v) is 3.51. The van der Waals surface area contributed by atoms with Crippen LogP contribution in [0, 0.1) is 10.2 Å². The number of fused-ring (bicyclic) bond motifs is 1. The lowest BCUT2D eigenvalue weighted by Gasteiger charge is -2.27. The zero-order chi connectivity index (χ0) is 25.6. The molecule has 2 aromatic rings. The predicted molar refractivity (Wildman–Crippen MR) is 116 cm³/mol. The van der Waals surface area contributed by atoms with Gasteiger partial charge in [-0.3, -0.25) is 19.1 Å². The summed E-state index contributed by atoms with van der Waals surface area (Å²) in [6.07, 6.45) is -3.64. The first-order chi connectivity index (χ1) is 15.5. The van der Waals surface area contributed by atoms with Crippen molar-refractivity contribution in [1.29, 1.82) is 0 Å². The van der Waals surface area contributed by atoms with Crippen molar-refractivity contribution in [3.8, 4) is 17.4 Å². The molecule has 2 N–H and O–H groups in total. The van der Waals surface area contributed by atoms with Crippen LogP contribution in [-0.4, -0.2) is 44.0 Å². The van der Waals surface area contributed by atoms with Crippen molar-refractivity contribution in [2.45, 2.75) is 66.2 Å². The number of nitrogens with zero attached hydrogens (tertiary/aromatic N) is 2. The molecule has 0 unspecified atom stereocenters. The number of nitrogens with one attached hydrogen (secondary N) is 1. The van der Waals surface area contributed by atoms with Gasteiger partial charge in [0.15, 0.2) is 10.5 Å². The van der Waals surface area contributed by atoms with Crippen LogP contribution in [0.4, 0.5) is 13.2 Å². The number of rotatable bonds is 6. The van der Waals surface area contributed by atoms with Crippen LogP contribution < -0.4 is 15.0 Å². The van der Waals surface area contributed by atoms with E-state index in [1.165, 1.54) is 10.8 Å². The van der Waals surface area contributed by atoms with Gasteiger partial charge < -0.3 is 23.9 Å². The van der Waals surface area contributed by atoms with E-state index in [1.54, 1.807) is 13.8 Å². The maximum atomic E-state index is 13.2. The molecule has 188 valence electrons. The van der Waals surface area contributed by atoms with E-state index in [0.717, 1.165) is 0 Å². The predicted octanol–water partition coefficient (Wildman–Crippen LogP) is 3.81. The molecule has 3 heterocycles. The Morgan fingerprint density at radius 2 is 1.85 bits per heavy atom. The highest BCUT2D eigenvalue weighted by Gasteiger charge is 2.43. The topological polar surface area (TPSA) is 110 Å². The molecule has 2 aromatic heterocycles. The summed E-state index contributed by atoms with van der Waals surface area (Å²) in [4.78, 5) is 27.6. The van der Waals surface area contributed by atoms with Gasteiger partial charge in [-0.2, -0.15) is 13.2 Å². The molecular formula is C21H26F3N3O6S. The molecule has 1 aliphatic rings. The van der Waals surface area contributed by atoms with Crippen molar-refractivity contribution < 1.29 is 37.0 Å². The fraction of sp³-hybridized carbons (Fsp3) is 0.571. The number of aromatic nitrogens is 2. The van der Waals surface area contributed by atoms with Crippen molar-refractivity contribution in [2.24, 2.45) is 5.41 Å². The second kappa shape index (κ2) is 8.77. The second-order valence-electron chi connectivity index (χ2n) is 9.57. The van der Waals surface area contributed by atoms with E-state index in [-0.39, 0.29) is 51.9 Å². The van der Waals surface area contributed by atoms with Gasteiger partial charge in [0, 0.05) is 26.6 Å². The number of H-pyrrole nitrogens is 1. The third-order valence-corrected chi connectivity index (χ3v) is 5.27. The summed E-state index contributed by atoms with van der Waals surface area (Å²) in [6, 6.07) is 0. The Morgan fingerprint density at radius 1 is 1.24 bits per heavy atom. The summed E-state index contributed by atoms with van der Waals surface area (Å²) in [7, 11) is 0. The second-order valence-corrected chi connectivity index (χ2v) is 9.96. The monoisotopic (exact) mass is 505 g/mol. The number of furan rings is 1. The molecular weight excluding hydrogens is 479 g/mol. The SMILES string of the molecule is CC(C)(C)CCN(Cc1cn(-c2oc(CO)c3c2OC(C)(C)O3)c(=S)[nH]c1=O)C(=O)C(F)(F)F. The largest absolute Gasteiger partial charge is 0.471 e. The molecule has 34 heavy (non-hydrogen) atoms. The first-order valence-corrected chi connectivity index (χ1v) is 10.8. The summed E-state index contributed by atoms with van der Waals surface area (Å²) in [5.41, 5.74) is -1.26. The molecule has 0 saturated carbocycles. The van der Waals surface area contributed by atoms with Gasteiger partial charge in [-0.1, -0.05) is 20.8 Å². The van der Waals surface area contributed by atoms with Gasteiger partial charge in [0.25, 0.3) is 11.4 Å². The maximum Gasteiger partial charge on any atom is 0.471 e. The van der Waals surface area contributed by atoms with Crippen LogP contribution in [0.5, 0.6) is 11.5 Å². The number of aliphatic hydroxyl groups is 1. The summed E-state index contributed by atoms with van der Waals surface area (Å²) in [6.45, 7) is 7.40. The van der Waals surface area contributed by atoms with E-state index in [1.807, 2.05) is 20.8 Å². The van der Waals surface area contributed by atoms with Gasteiger partial charge >= 0.3 is 12.1 Å². The number of alkyl halides is 3. The van der Waals surface area contributed by atoms with Gasteiger partial charge in [0.05, 0.1) is 12.1 Å². The Bertz CT molecular complexity index is 1210. The number of ether oxygens (including phenoxy) is 2. The van der Waals surface area contributed by atoms with E-state index in [0.29, 0.717) is 4.90 Å². The van der Waals surface area contributed by atoms with Crippen LogP contribution in [0.2, 0.25) is 0 Å². The van der Waals surface area contributed by atoms with Crippen LogP contribution in [0.1, 0.15) is 52.4 Å². The zero-order valence-corrected chi connectivity index (χ0v) is 20.1. The minimum absolute atomic E-state index is 0.0319. The number of hydrogen-bond acceptors (Lipinski definition) is 7. The number of amides is 1. The quantitative estimate of drug-likeness (QED) is 0.575. The number of aliphatic hydroxyl groups excluding tert-OH is 1. The van der Waals surface area contributed by atoms with Crippen molar-refractivity contribution in [1.82, 2.24) is 14.5 Å². The Balaban J connectivity index is 2.05. The zero-order valence-electron chi connectivity index (χ0n) is 19.3. The molecule has 0 saturated heterocycles. The Morgan fingerprint density at radius 3 is 2.41 bits per heavy atom. The molecule has 13 heteroatoms. The maximum absolute atomic E-state index is 13.2. The highest BCUT2D eigenvalue weighted by atomic mass is 32.1.